The van der Waals surface area contributed by atoms with Crippen molar-refractivity contribution in [3.63, 3.8) is 0 Å². The number of nitrogens with zero attached hydrogens (tertiary/aromatic N) is 1. The molecule has 104 valence electrons. The van der Waals surface area contributed by atoms with Crippen LogP contribution in [0.1, 0.15) is 42.4 Å². The molecule has 0 bridgehead atoms. The Bertz CT molecular complexity index is 452. The number of aryl methyl sites for hydroxylation is 2. The molecule has 1 amide bonds. The Hall–Kier alpha value is -1.35. The molecular weight excluding hydrogens is 236 g/mol. The molecule has 0 aliphatic heterocycles. The first-order chi connectivity index (χ1) is 9.11. The van der Waals surface area contributed by atoms with Crippen molar-refractivity contribution in [3.8, 4) is 0 Å². The minimum Gasteiger partial charge on any atom is -0.335 e. The molecule has 0 saturated heterocycles. The molecule has 1 aromatic rings. The van der Waals surface area contributed by atoms with Crippen LogP contribution in [0, 0.1) is 13.8 Å². The van der Waals surface area contributed by atoms with Gasteiger partial charge in [-0.15, -0.1) is 0 Å². The van der Waals surface area contributed by atoms with Crippen LogP contribution >= 0.6 is 0 Å². The van der Waals surface area contributed by atoms with E-state index in [-0.39, 0.29) is 5.91 Å². The zero-order valence-corrected chi connectivity index (χ0v) is 12.0. The van der Waals surface area contributed by atoms with Crippen LogP contribution in [-0.4, -0.2) is 23.4 Å². The Balaban J connectivity index is 2.03. The highest BCUT2D eigenvalue weighted by molar-refractivity contribution is 5.76. The van der Waals surface area contributed by atoms with Gasteiger partial charge in [-0.2, -0.15) is 0 Å². The molecule has 0 unspecified atom stereocenters. The van der Waals surface area contributed by atoms with Crippen LogP contribution in [0.4, 0.5) is 0 Å². The Morgan fingerprint density at radius 2 is 2.05 bits per heavy atom. The van der Waals surface area contributed by atoms with Crippen molar-refractivity contribution in [1.29, 1.82) is 0 Å². The molecule has 1 aliphatic carbocycles. The van der Waals surface area contributed by atoms with Crippen LogP contribution in [0.2, 0.25) is 0 Å². The predicted molar refractivity (Wildman–Crippen MR) is 77.8 cm³/mol. The molecule has 0 heterocycles. The minimum atomic E-state index is 0.256. The lowest BCUT2D eigenvalue weighted by Crippen LogP contribution is -2.32. The van der Waals surface area contributed by atoms with Gasteiger partial charge in [0.2, 0.25) is 5.91 Å². The molecule has 0 radical (unpaired) electrons. The zero-order chi connectivity index (χ0) is 13.8. The van der Waals surface area contributed by atoms with Crippen molar-refractivity contribution in [1.82, 2.24) is 4.90 Å². The molecule has 3 heteroatoms. The lowest BCUT2D eigenvalue weighted by Gasteiger charge is -2.23. The van der Waals surface area contributed by atoms with Crippen LogP contribution in [0.25, 0.3) is 0 Å². The summed E-state index contributed by atoms with van der Waals surface area (Å²) in [5.41, 5.74) is 9.32. The molecule has 3 nitrogen and oxygen atoms in total. The second-order valence-electron chi connectivity index (χ2n) is 5.56. The third-order valence-electron chi connectivity index (χ3n) is 3.83. The van der Waals surface area contributed by atoms with Gasteiger partial charge in [0.15, 0.2) is 0 Å². The van der Waals surface area contributed by atoms with E-state index in [0.717, 1.165) is 25.8 Å². The fourth-order valence-corrected chi connectivity index (χ4v) is 2.30. The van der Waals surface area contributed by atoms with E-state index in [1.165, 1.54) is 16.7 Å². The van der Waals surface area contributed by atoms with Crippen LogP contribution in [0.3, 0.4) is 0 Å². The fraction of sp³-hybridized carbons (Fsp3) is 0.562. The van der Waals surface area contributed by atoms with Gasteiger partial charge >= 0.3 is 0 Å². The van der Waals surface area contributed by atoms with Gasteiger partial charge in [0.25, 0.3) is 0 Å². The first-order valence-electron chi connectivity index (χ1n) is 7.17. The van der Waals surface area contributed by atoms with Gasteiger partial charge in [-0.3, -0.25) is 4.79 Å². The van der Waals surface area contributed by atoms with E-state index in [4.69, 9.17) is 5.73 Å². The third kappa shape index (κ3) is 3.80. The summed E-state index contributed by atoms with van der Waals surface area (Å²) in [7, 11) is 0. The Kier molecular flexibility index (Phi) is 4.59. The summed E-state index contributed by atoms with van der Waals surface area (Å²) in [5, 5.41) is 0. The van der Waals surface area contributed by atoms with Gasteiger partial charge in [-0.1, -0.05) is 18.2 Å². The largest absolute Gasteiger partial charge is 0.335 e. The van der Waals surface area contributed by atoms with Crippen molar-refractivity contribution in [2.75, 3.05) is 6.54 Å². The fourth-order valence-electron chi connectivity index (χ4n) is 2.30. The molecule has 1 aliphatic rings. The molecular formula is C16H24N2O. The molecule has 1 saturated carbocycles. The van der Waals surface area contributed by atoms with Crippen molar-refractivity contribution >= 4 is 5.91 Å². The number of carbonyl (C=O) groups is 1. The van der Waals surface area contributed by atoms with Crippen molar-refractivity contribution in [3.05, 3.63) is 34.9 Å². The van der Waals surface area contributed by atoms with E-state index < -0.39 is 0 Å². The van der Waals surface area contributed by atoms with Crippen LogP contribution in [0.15, 0.2) is 18.2 Å². The Morgan fingerprint density at radius 3 is 2.63 bits per heavy atom. The van der Waals surface area contributed by atoms with Gasteiger partial charge in [0.05, 0.1) is 0 Å². The Labute approximate surface area is 115 Å². The highest BCUT2D eigenvalue weighted by atomic mass is 16.2. The quantitative estimate of drug-likeness (QED) is 0.854. The average molecular weight is 260 g/mol. The molecule has 0 atom stereocenters. The minimum absolute atomic E-state index is 0.256. The molecule has 19 heavy (non-hydrogen) atoms. The Morgan fingerprint density at radius 1 is 1.32 bits per heavy atom. The van der Waals surface area contributed by atoms with E-state index in [9.17, 15) is 4.79 Å². The van der Waals surface area contributed by atoms with E-state index in [1.807, 2.05) is 4.90 Å². The maximum atomic E-state index is 12.2. The second-order valence-corrected chi connectivity index (χ2v) is 5.56. The van der Waals surface area contributed by atoms with Crippen LogP contribution < -0.4 is 5.73 Å². The number of carbonyl (C=O) groups excluding carboxylic acids is 1. The maximum absolute atomic E-state index is 12.2. The van der Waals surface area contributed by atoms with E-state index >= 15 is 0 Å². The summed E-state index contributed by atoms with van der Waals surface area (Å²) in [4.78, 5) is 14.3. The molecule has 0 aromatic heterocycles. The number of amides is 1. The van der Waals surface area contributed by atoms with E-state index in [2.05, 4.69) is 32.0 Å². The maximum Gasteiger partial charge on any atom is 0.223 e. The van der Waals surface area contributed by atoms with Crippen molar-refractivity contribution in [2.45, 2.75) is 52.1 Å². The van der Waals surface area contributed by atoms with Crippen molar-refractivity contribution in [2.24, 2.45) is 5.73 Å². The number of nitrogens with two attached hydrogens (primary N) is 1. The van der Waals surface area contributed by atoms with E-state index in [0.29, 0.717) is 19.0 Å². The lowest BCUT2D eigenvalue weighted by atomic mass is 10.1. The first kappa shape index (κ1) is 14.1. The topological polar surface area (TPSA) is 46.3 Å². The van der Waals surface area contributed by atoms with Gasteiger partial charge in [-0.25, -0.2) is 0 Å². The number of rotatable bonds is 6. The van der Waals surface area contributed by atoms with Gasteiger partial charge in [0.1, 0.15) is 0 Å². The SMILES string of the molecule is Cc1ccc(CN(C(=O)CCCN)C2CC2)cc1C. The van der Waals surface area contributed by atoms with Gasteiger partial charge in [-0.05, 0) is 56.3 Å². The standard InChI is InChI=1S/C16H24N2O/c1-12-5-6-14(10-13(12)2)11-18(15-7-8-15)16(19)4-3-9-17/h5-6,10,15H,3-4,7-9,11,17H2,1-2H3. The highest BCUT2D eigenvalue weighted by Gasteiger charge is 2.32. The molecule has 2 rings (SSSR count). The summed E-state index contributed by atoms with van der Waals surface area (Å²) < 4.78 is 0. The third-order valence-corrected chi connectivity index (χ3v) is 3.83. The van der Waals surface area contributed by atoms with E-state index in [1.54, 1.807) is 0 Å². The smallest absolute Gasteiger partial charge is 0.223 e. The van der Waals surface area contributed by atoms with Gasteiger partial charge in [0, 0.05) is 19.0 Å². The zero-order valence-electron chi connectivity index (χ0n) is 12.0. The summed E-state index contributed by atoms with van der Waals surface area (Å²) in [6.45, 7) is 5.57. The highest BCUT2D eigenvalue weighted by Crippen LogP contribution is 2.29. The monoisotopic (exact) mass is 260 g/mol. The number of benzene rings is 1. The predicted octanol–water partition coefficient (Wildman–Crippen LogP) is 2.53. The molecule has 0 spiro atoms. The summed E-state index contributed by atoms with van der Waals surface area (Å²) in [6, 6.07) is 6.93. The lowest BCUT2D eigenvalue weighted by molar-refractivity contribution is -0.132. The van der Waals surface area contributed by atoms with Crippen molar-refractivity contribution < 1.29 is 4.79 Å². The van der Waals surface area contributed by atoms with Gasteiger partial charge < -0.3 is 10.6 Å². The summed E-state index contributed by atoms with van der Waals surface area (Å²) in [5.74, 6) is 0.256. The normalized spacial score (nSPS) is 14.5. The molecule has 2 N–H and O–H groups in total. The molecule has 1 aromatic carbocycles. The summed E-state index contributed by atoms with van der Waals surface area (Å²) >= 11 is 0. The molecule has 1 fully saturated rings. The summed E-state index contributed by atoms with van der Waals surface area (Å²) in [6.07, 6.45) is 3.67. The average Bonchev–Trinajstić information content (AvgIpc) is 3.21. The number of hydrogen-bond donors (Lipinski definition) is 1. The van der Waals surface area contributed by atoms with Crippen LogP contribution in [-0.2, 0) is 11.3 Å². The first-order valence-corrected chi connectivity index (χ1v) is 7.17. The van der Waals surface area contributed by atoms with Crippen LogP contribution in [0.5, 0.6) is 0 Å². The number of hydrogen-bond acceptors (Lipinski definition) is 2. The second kappa shape index (κ2) is 6.20.